The molecule has 0 aliphatic carbocycles. The van der Waals surface area contributed by atoms with Gasteiger partial charge in [-0.1, -0.05) is 59.6 Å². The first-order valence-corrected chi connectivity index (χ1v) is 10.4. The molecule has 3 aromatic rings. The highest BCUT2D eigenvalue weighted by atomic mass is 35.5. The van der Waals surface area contributed by atoms with E-state index in [0.29, 0.717) is 16.7 Å². The summed E-state index contributed by atoms with van der Waals surface area (Å²) in [6, 6.07) is 24.1. The third-order valence-electron chi connectivity index (χ3n) is 5.09. The summed E-state index contributed by atoms with van der Waals surface area (Å²) in [7, 11) is 0. The first kappa shape index (κ1) is 19.8. The van der Waals surface area contributed by atoms with Crippen LogP contribution in [0, 0.1) is 0 Å². The number of ether oxygens (including phenoxy) is 1. The Hall–Kier alpha value is -2.49. The number of rotatable bonds is 5. The monoisotopic (exact) mass is 424 g/mol. The average molecular weight is 425 g/mol. The number of halogens is 2. The molecule has 29 heavy (non-hydrogen) atoms. The zero-order valence-electron chi connectivity index (χ0n) is 16.3. The van der Waals surface area contributed by atoms with Gasteiger partial charge in [-0.15, -0.1) is 0 Å². The topological polar surface area (TPSA) is 24.8 Å². The molecular weight excluding hydrogens is 403 g/mol. The molecule has 1 heterocycles. The molecule has 0 bridgehead atoms. The Morgan fingerprint density at radius 3 is 2.34 bits per heavy atom. The maximum absolute atomic E-state index is 6.52. The van der Waals surface area contributed by atoms with Crippen LogP contribution in [0.1, 0.15) is 31.1 Å². The maximum Gasteiger partial charge on any atom is 0.148 e. The van der Waals surface area contributed by atoms with Gasteiger partial charge in [0.1, 0.15) is 11.9 Å². The van der Waals surface area contributed by atoms with Gasteiger partial charge >= 0.3 is 0 Å². The molecule has 2 atom stereocenters. The molecule has 2 unspecified atom stereocenters. The fraction of sp³-hybridized carbons (Fsp3) is 0.208. The third-order valence-corrected chi connectivity index (χ3v) is 5.64. The summed E-state index contributed by atoms with van der Waals surface area (Å²) in [6.07, 6.45) is -0.133. The molecule has 5 heteroatoms. The Labute approximate surface area is 181 Å². The summed E-state index contributed by atoms with van der Waals surface area (Å²) in [5.74, 6) is 0.862. The van der Waals surface area contributed by atoms with Gasteiger partial charge in [-0.2, -0.15) is 0 Å². The highest BCUT2D eigenvalue weighted by Crippen LogP contribution is 2.39. The summed E-state index contributed by atoms with van der Waals surface area (Å²) >= 11 is 12.6. The van der Waals surface area contributed by atoms with E-state index in [-0.39, 0.29) is 12.2 Å². The fourth-order valence-corrected chi connectivity index (χ4v) is 4.25. The van der Waals surface area contributed by atoms with Crippen molar-refractivity contribution in [3.8, 4) is 5.75 Å². The lowest BCUT2D eigenvalue weighted by atomic mass is 10.0. The van der Waals surface area contributed by atoms with Crippen molar-refractivity contribution in [2.75, 3.05) is 11.5 Å². The lowest BCUT2D eigenvalue weighted by Gasteiger charge is -2.30. The number of hydrogen-bond acceptors (Lipinski definition) is 3. The Balaban J connectivity index is 1.77. The van der Waals surface area contributed by atoms with Crippen LogP contribution in [0.15, 0.2) is 77.8 Å². The van der Waals surface area contributed by atoms with E-state index >= 15 is 0 Å². The minimum absolute atomic E-state index is 0.0387. The second-order valence-corrected chi connectivity index (χ2v) is 7.78. The van der Waals surface area contributed by atoms with E-state index in [1.165, 1.54) is 0 Å². The van der Waals surface area contributed by atoms with Crippen molar-refractivity contribution in [2.45, 2.75) is 26.1 Å². The Morgan fingerprint density at radius 1 is 0.966 bits per heavy atom. The summed E-state index contributed by atoms with van der Waals surface area (Å²) in [5.41, 5.74) is 4.08. The van der Waals surface area contributed by atoms with Gasteiger partial charge in [-0.05, 0) is 55.8 Å². The zero-order valence-corrected chi connectivity index (χ0v) is 17.9. The second-order valence-electron chi connectivity index (χ2n) is 6.93. The number of nitrogens with zero attached hydrogens (tertiary/aromatic N) is 2. The van der Waals surface area contributed by atoms with E-state index in [0.717, 1.165) is 28.3 Å². The molecule has 1 aliphatic heterocycles. The van der Waals surface area contributed by atoms with Crippen molar-refractivity contribution in [3.05, 3.63) is 94.0 Å². The fourth-order valence-electron chi connectivity index (χ4n) is 3.74. The molecule has 0 radical (unpaired) electrons. The van der Waals surface area contributed by atoms with Crippen LogP contribution in [0.5, 0.6) is 5.75 Å². The van der Waals surface area contributed by atoms with E-state index in [1.807, 2.05) is 49.4 Å². The van der Waals surface area contributed by atoms with Crippen LogP contribution in [0.4, 0.5) is 5.69 Å². The second kappa shape index (κ2) is 8.48. The van der Waals surface area contributed by atoms with Crippen LogP contribution in [0.3, 0.4) is 0 Å². The molecular formula is C24H22Cl2N2O. The lowest BCUT2D eigenvalue weighted by Crippen LogP contribution is -2.35. The van der Waals surface area contributed by atoms with Crippen molar-refractivity contribution in [2.24, 2.45) is 4.99 Å². The first-order valence-electron chi connectivity index (χ1n) is 9.67. The van der Waals surface area contributed by atoms with Gasteiger partial charge in [0.2, 0.25) is 0 Å². The van der Waals surface area contributed by atoms with Crippen molar-refractivity contribution < 1.29 is 4.74 Å². The van der Waals surface area contributed by atoms with E-state index in [1.54, 1.807) is 6.07 Å². The Morgan fingerprint density at radius 2 is 1.69 bits per heavy atom. The van der Waals surface area contributed by atoms with E-state index in [4.69, 9.17) is 32.9 Å². The van der Waals surface area contributed by atoms with Crippen LogP contribution < -0.4 is 9.64 Å². The quantitative estimate of drug-likeness (QED) is 0.450. The highest BCUT2D eigenvalue weighted by Gasteiger charge is 2.35. The normalized spacial score (nSPS) is 18.6. The average Bonchev–Trinajstić information content (AvgIpc) is 3.07. The molecule has 0 N–H and O–H groups in total. The number of benzene rings is 3. The van der Waals surface area contributed by atoms with E-state index in [2.05, 4.69) is 36.1 Å². The summed E-state index contributed by atoms with van der Waals surface area (Å²) in [5, 5.41) is 1.23. The summed E-state index contributed by atoms with van der Waals surface area (Å²) < 4.78 is 5.60. The minimum atomic E-state index is -0.133. The Kier molecular flexibility index (Phi) is 5.79. The smallest absolute Gasteiger partial charge is 0.148 e. The first-order chi connectivity index (χ1) is 14.1. The molecule has 3 nitrogen and oxygen atoms in total. The highest BCUT2D eigenvalue weighted by molar-refractivity contribution is 6.37. The molecule has 0 saturated heterocycles. The lowest BCUT2D eigenvalue weighted by molar-refractivity contribution is 0.340. The van der Waals surface area contributed by atoms with Crippen LogP contribution in [0.25, 0.3) is 0 Å². The predicted molar refractivity (Wildman–Crippen MR) is 122 cm³/mol. The van der Waals surface area contributed by atoms with Crippen molar-refractivity contribution in [1.82, 2.24) is 0 Å². The van der Waals surface area contributed by atoms with Crippen LogP contribution in [-0.4, -0.2) is 18.4 Å². The van der Waals surface area contributed by atoms with Gasteiger partial charge in [-0.3, -0.25) is 4.99 Å². The Bertz CT molecular complexity index is 1020. The standard InChI is InChI=1S/C24H22Cl2N2O/c1-3-29-20-12-10-19(11-13-20)28-16(2)23(21-14-9-18(25)15-22(21)26)27-24(28)17-7-5-4-6-8-17/h4-16,24H,3H2,1-2H3. The molecule has 4 rings (SSSR count). The molecule has 0 amide bonds. The molecule has 0 fully saturated rings. The van der Waals surface area contributed by atoms with Crippen molar-refractivity contribution in [3.63, 3.8) is 0 Å². The van der Waals surface area contributed by atoms with Crippen LogP contribution in [-0.2, 0) is 0 Å². The third kappa shape index (κ3) is 3.98. The van der Waals surface area contributed by atoms with E-state index < -0.39 is 0 Å². The number of anilines is 1. The molecule has 0 saturated carbocycles. The van der Waals surface area contributed by atoms with Crippen LogP contribution >= 0.6 is 23.2 Å². The molecule has 1 aliphatic rings. The zero-order chi connectivity index (χ0) is 20.4. The number of hydrogen-bond donors (Lipinski definition) is 0. The van der Waals surface area contributed by atoms with E-state index in [9.17, 15) is 0 Å². The van der Waals surface area contributed by atoms with Gasteiger partial charge in [0.05, 0.1) is 23.4 Å². The van der Waals surface area contributed by atoms with Crippen molar-refractivity contribution in [1.29, 1.82) is 0 Å². The van der Waals surface area contributed by atoms with Gasteiger partial charge < -0.3 is 9.64 Å². The molecule has 0 aromatic heterocycles. The molecule has 0 spiro atoms. The molecule has 3 aromatic carbocycles. The van der Waals surface area contributed by atoms with Gasteiger partial charge in [-0.25, -0.2) is 0 Å². The van der Waals surface area contributed by atoms with Gasteiger partial charge in [0.15, 0.2) is 0 Å². The number of aliphatic imine (C=N–C) groups is 1. The summed E-state index contributed by atoms with van der Waals surface area (Å²) in [4.78, 5) is 7.41. The van der Waals surface area contributed by atoms with Gasteiger partial charge in [0, 0.05) is 16.3 Å². The molecule has 148 valence electrons. The minimum Gasteiger partial charge on any atom is -0.494 e. The summed E-state index contributed by atoms with van der Waals surface area (Å²) in [6.45, 7) is 4.79. The SMILES string of the molecule is CCOc1ccc(N2C(C)C(c3ccc(Cl)cc3Cl)=NC2c2ccccc2)cc1. The van der Waals surface area contributed by atoms with Crippen LogP contribution in [0.2, 0.25) is 10.0 Å². The van der Waals surface area contributed by atoms with Gasteiger partial charge in [0.25, 0.3) is 0 Å². The predicted octanol–water partition coefficient (Wildman–Crippen LogP) is 6.79. The maximum atomic E-state index is 6.52. The van der Waals surface area contributed by atoms with Crippen molar-refractivity contribution >= 4 is 34.6 Å². The largest absolute Gasteiger partial charge is 0.494 e.